The molecule has 0 saturated carbocycles. The first kappa shape index (κ1) is 36.4. The Balaban J connectivity index is 1.59. The van der Waals surface area contributed by atoms with Crippen LogP contribution in [-0.2, 0) is 24.3 Å². The first-order valence-corrected chi connectivity index (χ1v) is 16.0. The number of rotatable bonds is 11. The standard InChI is InChI=1S/C33H39N5O8S/c1-32(2,3)45-30(41)27(38-47(43,44)26-10-8-7-9-11-26)21-34-28(39)23-14-16-24(17-15-23)29(40)36-25-18-12-22(13-19-25)20-35-37-31(42)46-33(4,5)6/h7-20,27,38H,21H2,1-6H3,(H,34,39)(H,36,40)(H,37,42)/t27-/m0/s1. The molecule has 3 amide bonds. The Bertz CT molecular complexity index is 1690. The lowest BCUT2D eigenvalue weighted by atomic mass is 10.1. The number of esters is 1. The third-order valence-corrected chi connectivity index (χ3v) is 7.34. The molecule has 0 aromatic heterocycles. The Labute approximate surface area is 274 Å². The number of hydrogen-bond acceptors (Lipinski definition) is 9. The first-order valence-electron chi connectivity index (χ1n) is 14.5. The molecule has 14 heteroatoms. The molecule has 250 valence electrons. The van der Waals surface area contributed by atoms with E-state index in [0.29, 0.717) is 11.3 Å². The molecule has 0 spiro atoms. The lowest BCUT2D eigenvalue weighted by Gasteiger charge is -2.24. The van der Waals surface area contributed by atoms with Crippen molar-refractivity contribution in [3.05, 3.63) is 95.6 Å². The van der Waals surface area contributed by atoms with Crippen LogP contribution in [0.5, 0.6) is 0 Å². The van der Waals surface area contributed by atoms with E-state index in [2.05, 4.69) is 25.9 Å². The predicted octanol–water partition coefficient (Wildman–Crippen LogP) is 4.22. The molecule has 47 heavy (non-hydrogen) atoms. The van der Waals surface area contributed by atoms with Crippen molar-refractivity contribution in [2.45, 2.75) is 63.7 Å². The van der Waals surface area contributed by atoms with Gasteiger partial charge in [0, 0.05) is 23.4 Å². The van der Waals surface area contributed by atoms with Gasteiger partial charge in [0.05, 0.1) is 11.1 Å². The summed E-state index contributed by atoms with van der Waals surface area (Å²) in [6, 6.07) is 18.6. The summed E-state index contributed by atoms with van der Waals surface area (Å²) in [5.74, 6) is -1.88. The largest absolute Gasteiger partial charge is 0.459 e. The summed E-state index contributed by atoms with van der Waals surface area (Å²) in [5, 5.41) is 9.14. The molecule has 3 aromatic rings. The number of amides is 3. The van der Waals surface area contributed by atoms with Gasteiger partial charge in [-0.1, -0.05) is 30.3 Å². The van der Waals surface area contributed by atoms with E-state index >= 15 is 0 Å². The van der Waals surface area contributed by atoms with Gasteiger partial charge >= 0.3 is 12.1 Å². The topological polar surface area (TPSA) is 181 Å². The third kappa shape index (κ3) is 12.3. The van der Waals surface area contributed by atoms with E-state index in [1.807, 2.05) is 0 Å². The van der Waals surface area contributed by atoms with Crippen LogP contribution in [-0.4, -0.2) is 62.3 Å². The van der Waals surface area contributed by atoms with Crippen LogP contribution in [0.3, 0.4) is 0 Å². The number of carbonyl (C=O) groups is 4. The van der Waals surface area contributed by atoms with E-state index in [4.69, 9.17) is 9.47 Å². The van der Waals surface area contributed by atoms with Crippen LogP contribution in [0.4, 0.5) is 10.5 Å². The van der Waals surface area contributed by atoms with E-state index in [-0.39, 0.29) is 22.6 Å². The molecule has 0 unspecified atom stereocenters. The van der Waals surface area contributed by atoms with Crippen molar-refractivity contribution in [1.82, 2.24) is 15.5 Å². The summed E-state index contributed by atoms with van der Waals surface area (Å²) < 4.78 is 38.6. The smallest absolute Gasteiger partial charge is 0.428 e. The van der Waals surface area contributed by atoms with Crippen molar-refractivity contribution in [2.75, 3.05) is 11.9 Å². The van der Waals surface area contributed by atoms with E-state index < -0.39 is 51.1 Å². The fourth-order valence-corrected chi connectivity index (χ4v) is 4.99. The molecule has 0 bridgehead atoms. The molecule has 0 radical (unpaired) electrons. The molecular formula is C33H39N5O8S. The number of nitrogens with zero attached hydrogens (tertiary/aromatic N) is 1. The van der Waals surface area contributed by atoms with Crippen molar-refractivity contribution >= 4 is 45.8 Å². The van der Waals surface area contributed by atoms with Gasteiger partial charge in [-0.2, -0.15) is 9.82 Å². The van der Waals surface area contributed by atoms with Crippen LogP contribution in [0, 0.1) is 0 Å². The van der Waals surface area contributed by atoms with Gasteiger partial charge in [-0.3, -0.25) is 14.4 Å². The quantitative estimate of drug-likeness (QED) is 0.133. The summed E-state index contributed by atoms with van der Waals surface area (Å²) in [5.41, 5.74) is 2.34. The fraction of sp³-hybridized carbons (Fsp3) is 0.303. The van der Waals surface area contributed by atoms with Gasteiger partial charge in [-0.05, 0) is 95.6 Å². The number of benzene rings is 3. The highest BCUT2D eigenvalue weighted by atomic mass is 32.2. The first-order chi connectivity index (χ1) is 21.9. The molecule has 4 N–H and O–H groups in total. The molecule has 3 rings (SSSR count). The van der Waals surface area contributed by atoms with Crippen LogP contribution in [0.1, 0.15) is 67.8 Å². The Hall–Kier alpha value is -5.08. The molecule has 1 atom stereocenters. The molecular weight excluding hydrogens is 626 g/mol. The van der Waals surface area contributed by atoms with E-state index in [0.717, 1.165) is 0 Å². The summed E-state index contributed by atoms with van der Waals surface area (Å²) in [7, 11) is -4.10. The molecule has 0 aliphatic rings. The average molecular weight is 666 g/mol. The van der Waals surface area contributed by atoms with Gasteiger partial charge in [0.1, 0.15) is 17.2 Å². The maximum Gasteiger partial charge on any atom is 0.428 e. The number of hydrazone groups is 1. The number of sulfonamides is 1. The molecule has 13 nitrogen and oxygen atoms in total. The minimum absolute atomic E-state index is 0.0499. The number of nitrogens with one attached hydrogen (secondary N) is 4. The van der Waals surface area contributed by atoms with E-state index in [9.17, 15) is 27.6 Å². The maximum absolute atomic E-state index is 12.9. The monoisotopic (exact) mass is 665 g/mol. The molecule has 0 fully saturated rings. The molecule has 0 aliphatic carbocycles. The zero-order valence-electron chi connectivity index (χ0n) is 27.0. The Kier molecular flexibility index (Phi) is 12.0. The Morgan fingerprint density at radius 1 is 0.766 bits per heavy atom. The average Bonchev–Trinajstić information content (AvgIpc) is 2.98. The van der Waals surface area contributed by atoms with Crippen LogP contribution in [0.2, 0.25) is 0 Å². The lowest BCUT2D eigenvalue weighted by molar-refractivity contribution is -0.156. The summed E-state index contributed by atoms with van der Waals surface area (Å²) in [4.78, 5) is 50.1. The third-order valence-electron chi connectivity index (χ3n) is 5.86. The van der Waals surface area contributed by atoms with Gasteiger partial charge in [0.25, 0.3) is 11.8 Å². The van der Waals surface area contributed by atoms with Crippen LogP contribution >= 0.6 is 0 Å². The number of ether oxygens (including phenoxy) is 2. The molecule has 0 heterocycles. The van der Waals surface area contributed by atoms with E-state index in [1.165, 1.54) is 42.6 Å². The highest BCUT2D eigenvalue weighted by Gasteiger charge is 2.30. The van der Waals surface area contributed by atoms with Crippen molar-refractivity contribution in [1.29, 1.82) is 0 Å². The summed E-state index contributed by atoms with van der Waals surface area (Å²) >= 11 is 0. The summed E-state index contributed by atoms with van der Waals surface area (Å²) in [6.45, 7) is 9.76. The van der Waals surface area contributed by atoms with Gasteiger partial charge < -0.3 is 20.1 Å². The van der Waals surface area contributed by atoms with Crippen LogP contribution in [0.15, 0.2) is 88.9 Å². The fourth-order valence-electron chi connectivity index (χ4n) is 3.79. The normalized spacial score (nSPS) is 12.6. The maximum atomic E-state index is 12.9. The minimum atomic E-state index is -4.10. The van der Waals surface area contributed by atoms with Gasteiger partial charge in [0.2, 0.25) is 10.0 Å². The molecule has 0 aliphatic heterocycles. The zero-order valence-corrected chi connectivity index (χ0v) is 27.8. The Morgan fingerprint density at radius 2 is 1.32 bits per heavy atom. The highest BCUT2D eigenvalue weighted by Crippen LogP contribution is 2.14. The second kappa shape index (κ2) is 15.5. The van der Waals surface area contributed by atoms with Gasteiger partial charge in [0.15, 0.2) is 0 Å². The second-order valence-electron chi connectivity index (χ2n) is 12.3. The van der Waals surface area contributed by atoms with Crippen molar-refractivity contribution in [3.63, 3.8) is 0 Å². The van der Waals surface area contributed by atoms with Gasteiger partial charge in [-0.15, -0.1) is 0 Å². The van der Waals surface area contributed by atoms with Gasteiger partial charge in [-0.25, -0.2) is 18.6 Å². The molecule has 0 saturated heterocycles. The lowest BCUT2D eigenvalue weighted by Crippen LogP contribution is -2.50. The Morgan fingerprint density at radius 3 is 1.87 bits per heavy atom. The minimum Gasteiger partial charge on any atom is -0.459 e. The van der Waals surface area contributed by atoms with E-state index in [1.54, 1.807) is 84.0 Å². The molecule has 3 aromatic carbocycles. The SMILES string of the molecule is CC(C)(C)OC(=O)NN=Cc1ccc(NC(=O)c2ccc(C(=O)NC[C@H](NS(=O)(=O)c3ccccc3)C(=O)OC(C)(C)C)cc2)cc1. The van der Waals surface area contributed by atoms with Crippen LogP contribution < -0.4 is 20.8 Å². The number of carbonyl (C=O) groups excluding carboxylic acids is 4. The predicted molar refractivity (Wildman–Crippen MR) is 177 cm³/mol. The number of hydrogen-bond donors (Lipinski definition) is 4. The number of anilines is 1. The summed E-state index contributed by atoms with van der Waals surface area (Å²) in [6.07, 6.45) is 0.741. The van der Waals surface area contributed by atoms with Crippen molar-refractivity contribution in [2.24, 2.45) is 5.10 Å². The zero-order chi connectivity index (χ0) is 34.8. The highest BCUT2D eigenvalue weighted by molar-refractivity contribution is 7.89. The van der Waals surface area contributed by atoms with Crippen molar-refractivity contribution < 1.29 is 37.1 Å². The van der Waals surface area contributed by atoms with Crippen LogP contribution in [0.25, 0.3) is 0 Å². The van der Waals surface area contributed by atoms with Crippen molar-refractivity contribution in [3.8, 4) is 0 Å². The second-order valence-corrected chi connectivity index (χ2v) is 14.0.